The van der Waals surface area contributed by atoms with Crippen LogP contribution in [-0.4, -0.2) is 0 Å². The summed E-state index contributed by atoms with van der Waals surface area (Å²) in [5, 5.41) is 0. The van der Waals surface area contributed by atoms with Crippen LogP contribution >= 0.6 is 0 Å². The lowest BCUT2D eigenvalue weighted by atomic mass is 10.0. The Bertz CT molecular complexity index is 1030. The molecule has 4 aromatic carbocycles. The monoisotopic (exact) mass is 422 g/mol. The van der Waals surface area contributed by atoms with Crippen molar-refractivity contribution >= 4 is 0 Å². The van der Waals surface area contributed by atoms with Gasteiger partial charge >= 0.3 is 0 Å². The van der Waals surface area contributed by atoms with E-state index in [2.05, 4.69) is 76.2 Å². The Kier molecular flexibility index (Phi) is 6.61. The maximum absolute atomic E-state index is 5.99. The smallest absolute Gasteiger partial charge is 0.127 e. The maximum Gasteiger partial charge on any atom is 0.127 e. The first-order valence-corrected chi connectivity index (χ1v) is 11.2. The summed E-state index contributed by atoms with van der Waals surface area (Å²) in [4.78, 5) is 0. The predicted molar refractivity (Wildman–Crippen MR) is 133 cm³/mol. The fraction of sp³-hybridized carbons (Fsp3) is 0.200. The summed E-state index contributed by atoms with van der Waals surface area (Å²) in [6, 6.07) is 32.9. The number of ether oxygens (including phenoxy) is 2. The average Bonchev–Trinajstić information content (AvgIpc) is 2.81. The van der Waals surface area contributed by atoms with E-state index in [4.69, 9.17) is 9.47 Å². The van der Waals surface area contributed by atoms with E-state index < -0.39 is 0 Å². The molecule has 0 N–H and O–H groups in total. The molecule has 0 saturated heterocycles. The van der Waals surface area contributed by atoms with Gasteiger partial charge in [-0.05, 0) is 82.6 Å². The molecule has 0 aliphatic rings. The molecule has 0 bridgehead atoms. The molecule has 4 aromatic rings. The van der Waals surface area contributed by atoms with Gasteiger partial charge in [-0.1, -0.05) is 76.2 Å². The van der Waals surface area contributed by atoms with Crippen LogP contribution in [0.2, 0.25) is 0 Å². The van der Waals surface area contributed by atoms with E-state index in [0.29, 0.717) is 11.8 Å². The summed E-state index contributed by atoms with van der Waals surface area (Å²) in [5.74, 6) is 4.40. The van der Waals surface area contributed by atoms with Crippen molar-refractivity contribution in [1.29, 1.82) is 0 Å². The van der Waals surface area contributed by atoms with Crippen LogP contribution in [-0.2, 0) is 0 Å². The second kappa shape index (κ2) is 9.74. The maximum atomic E-state index is 5.99. The Morgan fingerprint density at radius 2 is 0.625 bits per heavy atom. The topological polar surface area (TPSA) is 18.5 Å². The van der Waals surface area contributed by atoms with Gasteiger partial charge in [-0.25, -0.2) is 0 Å². The Hall–Kier alpha value is -3.52. The minimum Gasteiger partial charge on any atom is -0.457 e. The number of hydrogen-bond acceptors (Lipinski definition) is 2. The van der Waals surface area contributed by atoms with Crippen LogP contribution in [0.25, 0.3) is 11.1 Å². The summed E-state index contributed by atoms with van der Waals surface area (Å²) < 4.78 is 12.0. The van der Waals surface area contributed by atoms with Gasteiger partial charge in [-0.2, -0.15) is 0 Å². The Labute approximate surface area is 191 Å². The van der Waals surface area contributed by atoms with Crippen molar-refractivity contribution in [3.63, 3.8) is 0 Å². The molecule has 32 heavy (non-hydrogen) atoms. The summed E-state index contributed by atoms with van der Waals surface area (Å²) in [7, 11) is 0. The Morgan fingerprint density at radius 1 is 0.375 bits per heavy atom. The first-order valence-electron chi connectivity index (χ1n) is 11.2. The van der Waals surface area contributed by atoms with Gasteiger partial charge in [0.25, 0.3) is 0 Å². The van der Waals surface area contributed by atoms with Crippen LogP contribution in [0, 0.1) is 0 Å². The first-order chi connectivity index (χ1) is 15.5. The molecule has 0 radical (unpaired) electrons. The third-order valence-electron chi connectivity index (χ3n) is 5.61. The molecule has 2 heteroatoms. The molecule has 0 heterocycles. The molecule has 0 unspecified atom stereocenters. The standard InChI is InChI=1S/C30H30O2/c1-21(2)23-5-13-27(14-6-23)31-29-17-9-25(10-18-29)26-11-19-30(20-12-26)32-28-15-7-24(8-16-28)22(3)4/h5-22H,1-4H3. The summed E-state index contributed by atoms with van der Waals surface area (Å²) >= 11 is 0. The number of hydrogen-bond donors (Lipinski definition) is 0. The van der Waals surface area contributed by atoms with Crippen molar-refractivity contribution in [3.05, 3.63) is 108 Å². The second-order valence-corrected chi connectivity index (χ2v) is 8.70. The summed E-state index contributed by atoms with van der Waals surface area (Å²) in [5.41, 5.74) is 4.90. The third kappa shape index (κ3) is 5.39. The first kappa shape index (κ1) is 21.7. The quantitative estimate of drug-likeness (QED) is 0.295. The molecular weight excluding hydrogens is 392 g/mol. The number of benzene rings is 4. The highest BCUT2D eigenvalue weighted by molar-refractivity contribution is 5.65. The van der Waals surface area contributed by atoms with Gasteiger partial charge in [0.2, 0.25) is 0 Å². The highest BCUT2D eigenvalue weighted by Crippen LogP contribution is 2.29. The van der Waals surface area contributed by atoms with Gasteiger partial charge in [-0.15, -0.1) is 0 Å². The molecule has 162 valence electrons. The van der Waals surface area contributed by atoms with Gasteiger partial charge in [0.15, 0.2) is 0 Å². The molecule has 0 aliphatic carbocycles. The van der Waals surface area contributed by atoms with Crippen molar-refractivity contribution in [2.24, 2.45) is 0 Å². The lowest BCUT2D eigenvalue weighted by Gasteiger charge is -2.10. The van der Waals surface area contributed by atoms with Crippen molar-refractivity contribution < 1.29 is 9.47 Å². The van der Waals surface area contributed by atoms with Gasteiger partial charge in [0.05, 0.1) is 0 Å². The van der Waals surface area contributed by atoms with Crippen LogP contribution in [0.1, 0.15) is 50.7 Å². The van der Waals surface area contributed by atoms with E-state index in [1.807, 2.05) is 48.5 Å². The average molecular weight is 423 g/mol. The van der Waals surface area contributed by atoms with E-state index in [9.17, 15) is 0 Å². The fourth-order valence-electron chi connectivity index (χ4n) is 3.54. The molecule has 0 saturated carbocycles. The second-order valence-electron chi connectivity index (χ2n) is 8.70. The molecule has 0 spiro atoms. The molecular formula is C30H30O2. The van der Waals surface area contributed by atoms with Gasteiger partial charge in [0.1, 0.15) is 23.0 Å². The van der Waals surface area contributed by atoms with Crippen molar-refractivity contribution in [1.82, 2.24) is 0 Å². The summed E-state index contributed by atoms with van der Waals surface area (Å²) in [6.45, 7) is 8.77. The fourth-order valence-corrected chi connectivity index (χ4v) is 3.54. The molecule has 2 nitrogen and oxygen atoms in total. The zero-order valence-electron chi connectivity index (χ0n) is 19.2. The zero-order valence-corrected chi connectivity index (χ0v) is 19.2. The van der Waals surface area contributed by atoms with Gasteiger partial charge in [0, 0.05) is 0 Å². The predicted octanol–water partition coefficient (Wildman–Crippen LogP) is 9.19. The van der Waals surface area contributed by atoms with Crippen molar-refractivity contribution in [3.8, 4) is 34.1 Å². The molecule has 0 atom stereocenters. The molecule has 0 fully saturated rings. The minimum absolute atomic E-state index is 0.519. The van der Waals surface area contributed by atoms with E-state index in [-0.39, 0.29) is 0 Å². The van der Waals surface area contributed by atoms with Gasteiger partial charge < -0.3 is 9.47 Å². The highest BCUT2D eigenvalue weighted by Gasteiger charge is 2.04. The summed E-state index contributed by atoms with van der Waals surface area (Å²) in [6.07, 6.45) is 0. The van der Waals surface area contributed by atoms with E-state index in [1.165, 1.54) is 11.1 Å². The molecule has 0 aromatic heterocycles. The van der Waals surface area contributed by atoms with Crippen molar-refractivity contribution in [2.75, 3.05) is 0 Å². The lowest BCUT2D eigenvalue weighted by molar-refractivity contribution is 0.482. The SMILES string of the molecule is CC(C)c1ccc(Oc2ccc(-c3ccc(Oc4ccc(C(C)C)cc4)cc3)cc2)cc1. The Morgan fingerprint density at radius 3 is 0.875 bits per heavy atom. The van der Waals surface area contributed by atoms with Crippen LogP contribution in [0.4, 0.5) is 0 Å². The molecule has 4 rings (SSSR count). The van der Waals surface area contributed by atoms with E-state index in [1.54, 1.807) is 0 Å². The van der Waals surface area contributed by atoms with Crippen LogP contribution in [0.15, 0.2) is 97.1 Å². The highest BCUT2D eigenvalue weighted by atomic mass is 16.5. The Balaban J connectivity index is 1.39. The van der Waals surface area contributed by atoms with E-state index in [0.717, 1.165) is 34.1 Å². The third-order valence-corrected chi connectivity index (χ3v) is 5.61. The minimum atomic E-state index is 0.519. The van der Waals surface area contributed by atoms with Crippen LogP contribution in [0.5, 0.6) is 23.0 Å². The normalized spacial score (nSPS) is 11.1. The number of rotatable bonds is 7. The van der Waals surface area contributed by atoms with Crippen molar-refractivity contribution in [2.45, 2.75) is 39.5 Å². The van der Waals surface area contributed by atoms with E-state index >= 15 is 0 Å². The molecule has 0 amide bonds. The largest absolute Gasteiger partial charge is 0.457 e. The van der Waals surface area contributed by atoms with Crippen LogP contribution < -0.4 is 9.47 Å². The molecule has 0 aliphatic heterocycles. The lowest BCUT2D eigenvalue weighted by Crippen LogP contribution is -1.89. The van der Waals surface area contributed by atoms with Gasteiger partial charge in [-0.3, -0.25) is 0 Å². The zero-order chi connectivity index (χ0) is 22.5. The van der Waals surface area contributed by atoms with Crippen LogP contribution in [0.3, 0.4) is 0 Å².